The number of hydrogen-bond acceptors (Lipinski definition) is 4. The lowest BCUT2D eigenvalue weighted by atomic mass is 10.2. The predicted octanol–water partition coefficient (Wildman–Crippen LogP) is 3.27. The van der Waals surface area contributed by atoms with Crippen molar-refractivity contribution in [1.29, 1.82) is 0 Å². The summed E-state index contributed by atoms with van der Waals surface area (Å²) in [6.45, 7) is 1.53. The number of anilines is 1. The summed E-state index contributed by atoms with van der Waals surface area (Å²) in [5.41, 5.74) is 1.46. The second-order valence-electron chi connectivity index (χ2n) is 5.51. The van der Waals surface area contributed by atoms with E-state index < -0.39 is 23.9 Å². The van der Waals surface area contributed by atoms with E-state index in [1.165, 1.54) is 7.11 Å². The molecule has 0 aromatic heterocycles. The zero-order valence-corrected chi connectivity index (χ0v) is 14.5. The third-order valence-corrected chi connectivity index (χ3v) is 3.39. The fraction of sp³-hybridized carbons (Fsp3) is 0.222. The Hall–Kier alpha value is -3.23. The Balaban J connectivity index is 1.91. The lowest BCUT2D eigenvalue weighted by molar-refractivity contribution is -0.274. The van der Waals surface area contributed by atoms with Gasteiger partial charge < -0.3 is 20.1 Å². The van der Waals surface area contributed by atoms with Crippen LogP contribution in [0.5, 0.6) is 11.5 Å². The van der Waals surface area contributed by atoms with Gasteiger partial charge >= 0.3 is 6.36 Å². The minimum atomic E-state index is -4.81. The monoisotopic (exact) mass is 382 g/mol. The Morgan fingerprint density at radius 3 is 2.33 bits per heavy atom. The normalized spacial score (nSPS) is 10.9. The van der Waals surface area contributed by atoms with Crippen LogP contribution in [-0.2, 0) is 4.79 Å². The minimum absolute atomic E-state index is 0.0884. The van der Waals surface area contributed by atoms with Crippen LogP contribution in [0.15, 0.2) is 42.5 Å². The number of amides is 2. The average molecular weight is 382 g/mol. The molecule has 0 bridgehead atoms. The van der Waals surface area contributed by atoms with Gasteiger partial charge in [0.2, 0.25) is 5.91 Å². The molecule has 2 rings (SSSR count). The number of ether oxygens (including phenoxy) is 2. The summed E-state index contributed by atoms with van der Waals surface area (Å²) in [7, 11) is 1.47. The summed E-state index contributed by atoms with van der Waals surface area (Å²) in [4.78, 5) is 24.0. The molecule has 0 heterocycles. The Bertz CT molecular complexity index is 820. The first kappa shape index (κ1) is 20.1. The van der Waals surface area contributed by atoms with Crippen molar-refractivity contribution in [2.75, 3.05) is 19.0 Å². The quantitative estimate of drug-likeness (QED) is 0.804. The highest BCUT2D eigenvalue weighted by atomic mass is 19.4. The number of alkyl halides is 3. The van der Waals surface area contributed by atoms with Gasteiger partial charge in [0.05, 0.1) is 19.3 Å². The van der Waals surface area contributed by atoms with Crippen molar-refractivity contribution in [3.05, 3.63) is 53.6 Å². The first-order valence-electron chi connectivity index (χ1n) is 7.76. The van der Waals surface area contributed by atoms with Crippen LogP contribution < -0.4 is 20.1 Å². The minimum Gasteiger partial charge on any atom is -0.495 e. The Morgan fingerprint density at radius 1 is 1.07 bits per heavy atom. The topological polar surface area (TPSA) is 76.7 Å². The van der Waals surface area contributed by atoms with E-state index in [-0.39, 0.29) is 12.1 Å². The van der Waals surface area contributed by atoms with E-state index in [0.717, 1.165) is 29.8 Å². The number of aryl methyl sites for hydroxylation is 1. The van der Waals surface area contributed by atoms with Crippen molar-refractivity contribution >= 4 is 17.5 Å². The van der Waals surface area contributed by atoms with E-state index in [2.05, 4.69) is 15.4 Å². The van der Waals surface area contributed by atoms with E-state index >= 15 is 0 Å². The molecule has 0 spiro atoms. The molecule has 0 aliphatic heterocycles. The molecule has 2 N–H and O–H groups in total. The second-order valence-corrected chi connectivity index (χ2v) is 5.51. The lowest BCUT2D eigenvalue weighted by Crippen LogP contribution is -2.32. The maximum absolute atomic E-state index is 12.1. The number of carbonyl (C=O) groups excluding carboxylic acids is 2. The molecule has 2 amide bonds. The molecule has 9 heteroatoms. The van der Waals surface area contributed by atoms with E-state index in [9.17, 15) is 22.8 Å². The SMILES string of the molecule is COc1ccc(C)cc1NC(=O)CNC(=O)c1ccc(OC(F)(F)F)cc1. The van der Waals surface area contributed by atoms with Gasteiger partial charge in [0.1, 0.15) is 11.5 Å². The van der Waals surface area contributed by atoms with E-state index in [0.29, 0.717) is 11.4 Å². The third-order valence-electron chi connectivity index (χ3n) is 3.39. The Kier molecular flexibility index (Phi) is 6.27. The van der Waals surface area contributed by atoms with Gasteiger partial charge in [-0.25, -0.2) is 0 Å². The van der Waals surface area contributed by atoms with Crippen molar-refractivity contribution < 1.29 is 32.2 Å². The van der Waals surface area contributed by atoms with Crippen LogP contribution in [-0.4, -0.2) is 31.8 Å². The molecule has 0 unspecified atom stereocenters. The van der Waals surface area contributed by atoms with E-state index in [4.69, 9.17) is 4.74 Å². The highest BCUT2D eigenvalue weighted by molar-refractivity contribution is 5.99. The maximum atomic E-state index is 12.1. The molecule has 0 aliphatic carbocycles. The van der Waals surface area contributed by atoms with Crippen molar-refractivity contribution in [3.63, 3.8) is 0 Å². The van der Waals surface area contributed by atoms with Gasteiger partial charge in [-0.1, -0.05) is 6.07 Å². The number of hydrogen-bond donors (Lipinski definition) is 2. The second kappa shape index (κ2) is 8.43. The van der Waals surface area contributed by atoms with Gasteiger partial charge in [0.25, 0.3) is 5.91 Å². The van der Waals surface area contributed by atoms with Gasteiger partial charge in [-0.05, 0) is 48.9 Å². The number of rotatable bonds is 6. The Labute approximate surface area is 153 Å². The number of nitrogens with one attached hydrogen (secondary N) is 2. The van der Waals surface area contributed by atoms with Crippen LogP contribution in [0.25, 0.3) is 0 Å². The van der Waals surface area contributed by atoms with Crippen LogP contribution in [0.2, 0.25) is 0 Å². The highest BCUT2D eigenvalue weighted by Crippen LogP contribution is 2.25. The lowest BCUT2D eigenvalue weighted by Gasteiger charge is -2.12. The largest absolute Gasteiger partial charge is 0.573 e. The first-order valence-corrected chi connectivity index (χ1v) is 7.76. The van der Waals surface area contributed by atoms with Gasteiger partial charge in [0.15, 0.2) is 0 Å². The summed E-state index contributed by atoms with van der Waals surface area (Å²) in [6.07, 6.45) is -4.81. The van der Waals surface area contributed by atoms with Crippen LogP contribution in [0.4, 0.5) is 18.9 Å². The summed E-state index contributed by atoms with van der Waals surface area (Å²) in [5, 5.41) is 5.00. The summed E-state index contributed by atoms with van der Waals surface area (Å²) < 4.78 is 45.2. The van der Waals surface area contributed by atoms with Crippen LogP contribution >= 0.6 is 0 Å². The molecule has 2 aromatic carbocycles. The standard InChI is InChI=1S/C18H17F3N2O4/c1-11-3-8-15(26-2)14(9-11)23-16(24)10-22-17(25)12-4-6-13(7-5-12)27-18(19,20)21/h3-9H,10H2,1-2H3,(H,22,25)(H,23,24). The molecule has 0 saturated heterocycles. The summed E-state index contributed by atoms with van der Waals surface area (Å²) >= 11 is 0. The Morgan fingerprint density at radius 2 is 1.74 bits per heavy atom. The average Bonchev–Trinajstić information content (AvgIpc) is 2.59. The van der Waals surface area contributed by atoms with Crippen LogP contribution in [0.3, 0.4) is 0 Å². The highest BCUT2D eigenvalue weighted by Gasteiger charge is 2.31. The smallest absolute Gasteiger partial charge is 0.495 e. The fourth-order valence-corrected chi connectivity index (χ4v) is 2.18. The van der Waals surface area contributed by atoms with E-state index in [1.807, 2.05) is 13.0 Å². The molecule has 0 fully saturated rings. The summed E-state index contributed by atoms with van der Waals surface area (Å²) in [6, 6.07) is 9.60. The molecular weight excluding hydrogens is 365 g/mol. The molecule has 0 atom stereocenters. The first-order chi connectivity index (χ1) is 12.7. The van der Waals surface area contributed by atoms with Crippen LogP contribution in [0.1, 0.15) is 15.9 Å². The van der Waals surface area contributed by atoms with E-state index in [1.54, 1.807) is 12.1 Å². The predicted molar refractivity (Wildman–Crippen MR) is 91.8 cm³/mol. The van der Waals surface area contributed by atoms with Gasteiger partial charge in [-0.15, -0.1) is 13.2 Å². The molecular formula is C18H17F3N2O4. The number of halogens is 3. The van der Waals surface area contributed by atoms with Crippen molar-refractivity contribution in [1.82, 2.24) is 5.32 Å². The van der Waals surface area contributed by atoms with Crippen LogP contribution in [0, 0.1) is 6.92 Å². The van der Waals surface area contributed by atoms with Crippen molar-refractivity contribution in [2.24, 2.45) is 0 Å². The molecule has 0 saturated carbocycles. The maximum Gasteiger partial charge on any atom is 0.573 e. The molecule has 0 radical (unpaired) electrons. The fourth-order valence-electron chi connectivity index (χ4n) is 2.18. The van der Waals surface area contributed by atoms with Gasteiger partial charge in [-0.3, -0.25) is 9.59 Å². The molecule has 2 aromatic rings. The molecule has 144 valence electrons. The molecule has 27 heavy (non-hydrogen) atoms. The van der Waals surface area contributed by atoms with Gasteiger partial charge in [-0.2, -0.15) is 0 Å². The van der Waals surface area contributed by atoms with Crippen molar-refractivity contribution in [3.8, 4) is 11.5 Å². The molecule has 6 nitrogen and oxygen atoms in total. The third kappa shape index (κ3) is 6.21. The van der Waals surface area contributed by atoms with Crippen molar-refractivity contribution in [2.45, 2.75) is 13.3 Å². The zero-order chi connectivity index (χ0) is 20.0. The number of benzene rings is 2. The number of methoxy groups -OCH3 is 1. The van der Waals surface area contributed by atoms with Gasteiger partial charge in [0, 0.05) is 5.56 Å². The molecule has 0 aliphatic rings. The summed E-state index contributed by atoms with van der Waals surface area (Å²) in [5.74, 6) is -1.06. The number of carbonyl (C=O) groups is 2. The zero-order valence-electron chi connectivity index (χ0n) is 14.5.